The first-order valence-electron chi connectivity index (χ1n) is 6.91. The van der Waals surface area contributed by atoms with E-state index in [0.29, 0.717) is 11.4 Å². The van der Waals surface area contributed by atoms with Crippen LogP contribution < -0.4 is 0 Å². The number of benzene rings is 2. The van der Waals surface area contributed by atoms with Crippen LogP contribution in [0.3, 0.4) is 0 Å². The number of rotatable bonds is 3. The first-order valence-corrected chi connectivity index (χ1v) is 7.29. The molecule has 1 N–H and O–H groups in total. The molecule has 0 radical (unpaired) electrons. The fourth-order valence-corrected chi connectivity index (χ4v) is 2.91. The van der Waals surface area contributed by atoms with E-state index in [-0.39, 0.29) is 0 Å². The summed E-state index contributed by atoms with van der Waals surface area (Å²) in [7, 11) is 1.91. The van der Waals surface area contributed by atoms with Gasteiger partial charge in [-0.05, 0) is 24.1 Å². The van der Waals surface area contributed by atoms with E-state index < -0.39 is 6.10 Å². The zero-order valence-corrected chi connectivity index (χ0v) is 12.8. The molecule has 1 atom stereocenters. The minimum Gasteiger partial charge on any atom is -0.388 e. The van der Waals surface area contributed by atoms with E-state index in [0.717, 1.165) is 27.7 Å². The standard InChI is InChI=1S/C17H17ClN2O/c1-11-6-5-8-13(17(11)18)16(21)10-14-12-7-3-4-9-15(12)20(2)19-14/h3-9,16,21H,10H2,1-2H3. The zero-order valence-electron chi connectivity index (χ0n) is 12.0. The van der Waals surface area contributed by atoms with Gasteiger partial charge in [-0.3, -0.25) is 4.68 Å². The summed E-state index contributed by atoms with van der Waals surface area (Å²) in [5.74, 6) is 0. The number of aliphatic hydroxyl groups is 1. The van der Waals surface area contributed by atoms with Gasteiger partial charge in [0, 0.05) is 23.9 Å². The lowest BCUT2D eigenvalue weighted by Crippen LogP contribution is -2.04. The molecule has 3 aromatic rings. The maximum Gasteiger partial charge on any atom is 0.0860 e. The van der Waals surface area contributed by atoms with Crippen LogP contribution in [0.5, 0.6) is 0 Å². The minimum atomic E-state index is -0.657. The van der Waals surface area contributed by atoms with Crippen LogP contribution in [0, 0.1) is 6.92 Å². The van der Waals surface area contributed by atoms with Crippen molar-refractivity contribution in [1.29, 1.82) is 0 Å². The van der Waals surface area contributed by atoms with E-state index >= 15 is 0 Å². The first kappa shape index (κ1) is 14.1. The van der Waals surface area contributed by atoms with Gasteiger partial charge >= 0.3 is 0 Å². The lowest BCUT2D eigenvalue weighted by Gasteiger charge is -2.13. The van der Waals surface area contributed by atoms with E-state index in [1.54, 1.807) is 0 Å². The molecule has 21 heavy (non-hydrogen) atoms. The summed E-state index contributed by atoms with van der Waals surface area (Å²) in [5.41, 5.74) is 3.68. The van der Waals surface area contributed by atoms with Gasteiger partial charge in [0.05, 0.1) is 17.3 Å². The SMILES string of the molecule is Cc1cccc(C(O)Cc2nn(C)c3ccccc23)c1Cl. The second kappa shape index (κ2) is 5.51. The minimum absolute atomic E-state index is 0.449. The van der Waals surface area contributed by atoms with Gasteiger partial charge < -0.3 is 5.11 Å². The van der Waals surface area contributed by atoms with Gasteiger partial charge in [0.25, 0.3) is 0 Å². The predicted molar refractivity (Wildman–Crippen MR) is 85.6 cm³/mol. The van der Waals surface area contributed by atoms with Crippen molar-refractivity contribution in [3.8, 4) is 0 Å². The van der Waals surface area contributed by atoms with Crippen LogP contribution >= 0.6 is 11.6 Å². The number of nitrogens with zero attached hydrogens (tertiary/aromatic N) is 2. The van der Waals surface area contributed by atoms with Gasteiger partial charge in [-0.25, -0.2) is 0 Å². The van der Waals surface area contributed by atoms with Gasteiger partial charge in [0.15, 0.2) is 0 Å². The third-order valence-corrected chi connectivity index (χ3v) is 4.32. The molecule has 0 fully saturated rings. The Hall–Kier alpha value is -1.84. The number of hydrogen-bond donors (Lipinski definition) is 1. The van der Waals surface area contributed by atoms with Gasteiger partial charge in [0.1, 0.15) is 0 Å². The number of para-hydroxylation sites is 1. The van der Waals surface area contributed by atoms with Crippen LogP contribution in [0.2, 0.25) is 5.02 Å². The fourth-order valence-electron chi connectivity index (χ4n) is 2.66. The van der Waals surface area contributed by atoms with Crippen LogP contribution in [0.1, 0.15) is 22.9 Å². The molecule has 0 amide bonds. The summed E-state index contributed by atoms with van der Waals surface area (Å²) in [6.07, 6.45) is -0.208. The van der Waals surface area contributed by atoms with Crippen LogP contribution in [0.25, 0.3) is 10.9 Å². The predicted octanol–water partition coefficient (Wildman–Crippen LogP) is 3.81. The quantitative estimate of drug-likeness (QED) is 0.798. The Balaban J connectivity index is 1.97. The Bertz CT molecular complexity index is 795. The number of fused-ring (bicyclic) bond motifs is 1. The Morgan fingerprint density at radius 1 is 1.19 bits per heavy atom. The molecule has 1 aromatic heterocycles. The molecule has 2 aromatic carbocycles. The smallest absolute Gasteiger partial charge is 0.0860 e. The average molecular weight is 301 g/mol. The maximum atomic E-state index is 10.5. The highest BCUT2D eigenvalue weighted by atomic mass is 35.5. The van der Waals surface area contributed by atoms with Crippen LogP contribution in [0.4, 0.5) is 0 Å². The molecule has 108 valence electrons. The van der Waals surface area contributed by atoms with Crippen molar-refractivity contribution < 1.29 is 5.11 Å². The molecular formula is C17H17ClN2O. The summed E-state index contributed by atoms with van der Waals surface area (Å²) >= 11 is 6.29. The second-order valence-corrected chi connectivity index (χ2v) is 5.66. The Morgan fingerprint density at radius 2 is 1.95 bits per heavy atom. The third-order valence-electron chi connectivity index (χ3n) is 3.80. The fraction of sp³-hybridized carbons (Fsp3) is 0.235. The monoisotopic (exact) mass is 300 g/mol. The van der Waals surface area contributed by atoms with Gasteiger partial charge in [-0.2, -0.15) is 5.10 Å². The molecule has 0 aliphatic rings. The molecule has 3 rings (SSSR count). The van der Waals surface area contributed by atoms with Crippen molar-refractivity contribution >= 4 is 22.5 Å². The lowest BCUT2D eigenvalue weighted by molar-refractivity contribution is 0.177. The average Bonchev–Trinajstić information content (AvgIpc) is 2.79. The third kappa shape index (κ3) is 2.55. The van der Waals surface area contributed by atoms with E-state index in [1.165, 1.54) is 0 Å². The summed E-state index contributed by atoms with van der Waals surface area (Å²) in [5, 5.41) is 16.7. The number of hydrogen-bond acceptors (Lipinski definition) is 2. The molecule has 3 nitrogen and oxygen atoms in total. The van der Waals surface area contributed by atoms with Crippen molar-refractivity contribution in [3.05, 3.63) is 64.3 Å². The summed E-state index contributed by atoms with van der Waals surface area (Å²) in [6, 6.07) is 13.7. The van der Waals surface area contributed by atoms with E-state index in [1.807, 2.05) is 61.1 Å². The molecule has 0 aliphatic carbocycles. The van der Waals surface area contributed by atoms with Crippen LogP contribution in [-0.4, -0.2) is 14.9 Å². The van der Waals surface area contributed by atoms with Crippen molar-refractivity contribution in [3.63, 3.8) is 0 Å². The highest BCUT2D eigenvalue weighted by molar-refractivity contribution is 6.32. The van der Waals surface area contributed by atoms with Crippen molar-refractivity contribution in [2.75, 3.05) is 0 Å². The number of aromatic nitrogens is 2. The molecule has 1 heterocycles. The second-order valence-electron chi connectivity index (χ2n) is 5.29. The molecule has 0 saturated carbocycles. The van der Waals surface area contributed by atoms with E-state index in [4.69, 9.17) is 11.6 Å². The van der Waals surface area contributed by atoms with E-state index in [2.05, 4.69) is 5.10 Å². The summed E-state index contributed by atoms with van der Waals surface area (Å²) in [4.78, 5) is 0. The molecule has 4 heteroatoms. The van der Waals surface area contributed by atoms with Gasteiger partial charge in [-0.15, -0.1) is 0 Å². The maximum absolute atomic E-state index is 10.5. The lowest BCUT2D eigenvalue weighted by atomic mass is 10.0. The van der Waals surface area contributed by atoms with Crippen molar-refractivity contribution in [1.82, 2.24) is 9.78 Å². The molecule has 0 saturated heterocycles. The van der Waals surface area contributed by atoms with Gasteiger partial charge in [0.2, 0.25) is 0 Å². The number of aliphatic hydroxyl groups excluding tert-OH is 1. The summed E-state index contributed by atoms with van der Waals surface area (Å²) in [6.45, 7) is 1.94. The molecular weight excluding hydrogens is 284 g/mol. The normalized spacial score (nSPS) is 12.8. The highest BCUT2D eigenvalue weighted by Crippen LogP contribution is 2.29. The van der Waals surface area contributed by atoms with E-state index in [9.17, 15) is 5.11 Å². The number of aryl methyl sites for hydroxylation is 2. The largest absolute Gasteiger partial charge is 0.388 e. The van der Waals surface area contributed by atoms with Gasteiger partial charge in [-0.1, -0.05) is 48.0 Å². The zero-order chi connectivity index (χ0) is 15.0. The van der Waals surface area contributed by atoms with Crippen LogP contribution in [0.15, 0.2) is 42.5 Å². The Kier molecular flexibility index (Phi) is 3.70. The first-order chi connectivity index (χ1) is 10.1. The Labute approximate surface area is 128 Å². The highest BCUT2D eigenvalue weighted by Gasteiger charge is 2.17. The van der Waals surface area contributed by atoms with Crippen molar-refractivity contribution in [2.45, 2.75) is 19.4 Å². The molecule has 0 bridgehead atoms. The topological polar surface area (TPSA) is 38.1 Å². The number of halogens is 1. The van der Waals surface area contributed by atoms with Crippen LogP contribution in [-0.2, 0) is 13.5 Å². The molecule has 1 unspecified atom stereocenters. The molecule has 0 aliphatic heterocycles. The Morgan fingerprint density at radius 3 is 2.76 bits per heavy atom. The summed E-state index contributed by atoms with van der Waals surface area (Å²) < 4.78 is 1.84. The van der Waals surface area contributed by atoms with Crippen molar-refractivity contribution in [2.24, 2.45) is 7.05 Å². The molecule has 0 spiro atoms.